The largest absolute Gasteiger partial charge is 0.344 e. The zero-order valence-electron chi connectivity index (χ0n) is 8.38. The molecule has 3 nitrogen and oxygen atoms in total. The van der Waals surface area contributed by atoms with Gasteiger partial charge in [-0.05, 0) is 37.1 Å². The highest BCUT2D eigenvalue weighted by Crippen LogP contribution is 2.26. The van der Waals surface area contributed by atoms with Gasteiger partial charge in [0.05, 0.1) is 0 Å². The van der Waals surface area contributed by atoms with Crippen molar-refractivity contribution in [3.63, 3.8) is 0 Å². The highest BCUT2D eigenvalue weighted by atomic mass is 16.7. The number of ketones is 1. The lowest BCUT2D eigenvalue weighted by Crippen LogP contribution is -2.41. The molecule has 0 aromatic heterocycles. The van der Waals surface area contributed by atoms with Crippen LogP contribution < -0.4 is 0 Å². The van der Waals surface area contributed by atoms with Crippen molar-refractivity contribution < 1.29 is 14.3 Å². The number of carbonyl (C=O) groups is 1. The third-order valence-electron chi connectivity index (χ3n) is 2.33. The molecule has 0 atom stereocenters. The van der Waals surface area contributed by atoms with Crippen LogP contribution in [0.3, 0.4) is 0 Å². The van der Waals surface area contributed by atoms with Crippen LogP contribution in [-0.4, -0.2) is 25.8 Å². The van der Waals surface area contributed by atoms with Crippen LogP contribution in [-0.2, 0) is 14.3 Å². The topological polar surface area (TPSA) is 35.5 Å². The van der Waals surface area contributed by atoms with Gasteiger partial charge in [0, 0.05) is 14.2 Å². The van der Waals surface area contributed by atoms with Gasteiger partial charge in [-0.2, -0.15) is 0 Å². The van der Waals surface area contributed by atoms with E-state index in [9.17, 15) is 4.79 Å². The first-order valence-electron chi connectivity index (χ1n) is 4.08. The van der Waals surface area contributed by atoms with E-state index in [1.165, 1.54) is 14.2 Å². The summed E-state index contributed by atoms with van der Waals surface area (Å²) >= 11 is 0. The van der Waals surface area contributed by atoms with Crippen molar-refractivity contribution in [3.8, 4) is 0 Å². The van der Waals surface area contributed by atoms with Gasteiger partial charge in [0.25, 0.3) is 5.79 Å². The molecule has 3 heteroatoms. The van der Waals surface area contributed by atoms with Gasteiger partial charge in [-0.15, -0.1) is 0 Å². The number of methoxy groups -OCH3 is 2. The van der Waals surface area contributed by atoms with Gasteiger partial charge in [0.1, 0.15) is 0 Å². The molecule has 13 heavy (non-hydrogen) atoms. The number of hydrogen-bond donors (Lipinski definition) is 0. The molecule has 72 valence electrons. The molecule has 0 fully saturated rings. The summed E-state index contributed by atoms with van der Waals surface area (Å²) in [7, 11) is 2.92. The minimum absolute atomic E-state index is 0.166. The van der Waals surface area contributed by atoms with Gasteiger partial charge in [0.15, 0.2) is 0 Å². The molecule has 0 unspecified atom stereocenters. The number of carbonyl (C=O) groups excluding carboxylic acids is 1. The van der Waals surface area contributed by atoms with Crippen LogP contribution in [0.25, 0.3) is 0 Å². The van der Waals surface area contributed by atoms with Crippen molar-refractivity contribution >= 4 is 5.78 Å². The summed E-state index contributed by atoms with van der Waals surface area (Å²) < 4.78 is 10.1. The van der Waals surface area contributed by atoms with Crippen LogP contribution in [0.15, 0.2) is 23.3 Å². The Morgan fingerprint density at radius 2 is 1.69 bits per heavy atom. The lowest BCUT2D eigenvalue weighted by atomic mass is 9.95. The van der Waals surface area contributed by atoms with E-state index in [4.69, 9.17) is 9.47 Å². The average Bonchev–Trinajstić information content (AvgIpc) is 2.12. The molecule has 0 N–H and O–H groups in total. The van der Waals surface area contributed by atoms with Crippen molar-refractivity contribution in [2.45, 2.75) is 19.6 Å². The lowest BCUT2D eigenvalue weighted by Gasteiger charge is -2.28. The third-order valence-corrected chi connectivity index (χ3v) is 2.33. The Morgan fingerprint density at radius 3 is 2.15 bits per heavy atom. The van der Waals surface area contributed by atoms with Gasteiger partial charge in [-0.3, -0.25) is 4.79 Å². The molecule has 1 aliphatic rings. The highest BCUT2D eigenvalue weighted by Gasteiger charge is 2.37. The van der Waals surface area contributed by atoms with Gasteiger partial charge in [0.2, 0.25) is 5.78 Å². The third kappa shape index (κ3) is 1.57. The SMILES string of the molecule is COC1(OC)C=C(C)C(C)=CC1=O. The second-order valence-corrected chi connectivity index (χ2v) is 3.09. The Kier molecular flexibility index (Phi) is 2.68. The fourth-order valence-electron chi connectivity index (χ4n) is 1.28. The minimum Gasteiger partial charge on any atom is -0.344 e. The summed E-state index contributed by atoms with van der Waals surface area (Å²) in [6.45, 7) is 3.81. The molecule has 1 rings (SSSR count). The summed E-state index contributed by atoms with van der Waals surface area (Å²) in [6, 6.07) is 0. The van der Waals surface area contributed by atoms with E-state index in [-0.39, 0.29) is 5.78 Å². The number of hydrogen-bond acceptors (Lipinski definition) is 3. The minimum atomic E-state index is -1.20. The first-order valence-corrected chi connectivity index (χ1v) is 4.08. The van der Waals surface area contributed by atoms with Gasteiger partial charge in [-0.25, -0.2) is 0 Å². The lowest BCUT2D eigenvalue weighted by molar-refractivity contribution is -0.181. The molecule has 1 aliphatic carbocycles. The molecule has 0 heterocycles. The van der Waals surface area contributed by atoms with Crippen LogP contribution in [0, 0.1) is 0 Å². The van der Waals surface area contributed by atoms with Crippen LogP contribution in [0.4, 0.5) is 0 Å². The zero-order valence-corrected chi connectivity index (χ0v) is 8.38. The van der Waals surface area contributed by atoms with E-state index in [1.807, 2.05) is 13.8 Å². The van der Waals surface area contributed by atoms with Crippen molar-refractivity contribution in [2.24, 2.45) is 0 Å². The molecule has 0 aromatic rings. The Hall–Kier alpha value is -0.930. The van der Waals surface area contributed by atoms with E-state index in [2.05, 4.69) is 0 Å². The maximum absolute atomic E-state index is 11.6. The summed E-state index contributed by atoms with van der Waals surface area (Å²) in [4.78, 5) is 11.6. The van der Waals surface area contributed by atoms with Crippen LogP contribution in [0.5, 0.6) is 0 Å². The first kappa shape index (κ1) is 10.2. The summed E-state index contributed by atoms with van der Waals surface area (Å²) in [6.07, 6.45) is 3.24. The Balaban J connectivity index is 3.11. The molecule has 0 aliphatic heterocycles. The summed E-state index contributed by atoms with van der Waals surface area (Å²) in [5, 5.41) is 0. The average molecular weight is 182 g/mol. The van der Waals surface area contributed by atoms with E-state index in [1.54, 1.807) is 12.2 Å². The first-order chi connectivity index (χ1) is 6.05. The smallest absolute Gasteiger partial charge is 0.253 e. The fourth-order valence-corrected chi connectivity index (χ4v) is 1.28. The van der Waals surface area contributed by atoms with E-state index < -0.39 is 5.79 Å². The van der Waals surface area contributed by atoms with Gasteiger partial charge < -0.3 is 9.47 Å². The molecule has 0 saturated heterocycles. The Labute approximate surface area is 78.0 Å². The number of rotatable bonds is 2. The quantitative estimate of drug-likeness (QED) is 0.606. The molecule has 0 bridgehead atoms. The van der Waals surface area contributed by atoms with Crippen LogP contribution in [0.2, 0.25) is 0 Å². The highest BCUT2D eigenvalue weighted by molar-refractivity contribution is 6.00. The second-order valence-electron chi connectivity index (χ2n) is 3.09. The molecule has 0 radical (unpaired) electrons. The standard InChI is InChI=1S/C10H14O3/c1-7-5-9(11)10(12-3,13-4)6-8(7)2/h5-6H,1-4H3. The molecular formula is C10H14O3. The van der Waals surface area contributed by atoms with Crippen LogP contribution >= 0.6 is 0 Å². The molecule has 0 saturated carbocycles. The maximum atomic E-state index is 11.6. The molecule has 0 amide bonds. The number of ether oxygens (including phenoxy) is 2. The monoisotopic (exact) mass is 182 g/mol. The van der Waals surface area contributed by atoms with Gasteiger partial charge >= 0.3 is 0 Å². The van der Waals surface area contributed by atoms with E-state index >= 15 is 0 Å². The van der Waals surface area contributed by atoms with E-state index in [0.29, 0.717) is 0 Å². The molecule has 0 spiro atoms. The van der Waals surface area contributed by atoms with Crippen molar-refractivity contribution in [1.29, 1.82) is 0 Å². The molecular weight excluding hydrogens is 168 g/mol. The van der Waals surface area contributed by atoms with E-state index in [0.717, 1.165) is 11.1 Å². The van der Waals surface area contributed by atoms with Crippen molar-refractivity contribution in [3.05, 3.63) is 23.3 Å². The maximum Gasteiger partial charge on any atom is 0.253 e. The van der Waals surface area contributed by atoms with Gasteiger partial charge in [-0.1, -0.05) is 0 Å². The predicted octanol–water partition coefficient (Wildman–Crippen LogP) is 1.45. The molecule has 0 aromatic carbocycles. The van der Waals surface area contributed by atoms with Crippen molar-refractivity contribution in [2.75, 3.05) is 14.2 Å². The Morgan fingerprint density at radius 1 is 1.15 bits per heavy atom. The van der Waals surface area contributed by atoms with Crippen LogP contribution in [0.1, 0.15) is 13.8 Å². The second kappa shape index (κ2) is 3.44. The predicted molar refractivity (Wildman–Crippen MR) is 49.3 cm³/mol. The normalized spacial score (nSPS) is 21.1. The number of allylic oxidation sites excluding steroid dienone is 2. The zero-order chi connectivity index (χ0) is 10.1. The summed E-state index contributed by atoms with van der Waals surface area (Å²) in [5.74, 6) is -1.37. The summed E-state index contributed by atoms with van der Waals surface area (Å²) in [5.41, 5.74) is 1.96. The Bertz CT molecular complexity index is 283. The van der Waals surface area contributed by atoms with Crippen molar-refractivity contribution in [1.82, 2.24) is 0 Å². The fraction of sp³-hybridized carbons (Fsp3) is 0.500.